The van der Waals surface area contributed by atoms with Crippen molar-refractivity contribution in [2.75, 3.05) is 0 Å². The Bertz CT molecular complexity index is 444. The second-order valence-electron chi connectivity index (χ2n) is 4.77. The highest BCUT2D eigenvalue weighted by molar-refractivity contribution is 5.78. The van der Waals surface area contributed by atoms with Crippen LogP contribution in [-0.2, 0) is 0 Å². The molecule has 0 fully saturated rings. The largest absolute Gasteiger partial charge is 0.488 e. The molecule has 1 aromatic carbocycles. The quantitative estimate of drug-likeness (QED) is 0.636. The zero-order valence-electron chi connectivity index (χ0n) is 11.2. The lowest BCUT2D eigenvalue weighted by atomic mass is 10.1. The smallest absolute Gasteiger partial charge is 0.189 e. The van der Waals surface area contributed by atoms with E-state index in [1.807, 2.05) is 31.2 Å². The molecule has 4 heteroatoms. The summed E-state index contributed by atoms with van der Waals surface area (Å²) in [5.41, 5.74) is 7.04. The van der Waals surface area contributed by atoms with E-state index in [9.17, 15) is 0 Å². The van der Waals surface area contributed by atoms with Crippen LogP contribution in [0.25, 0.3) is 0 Å². The van der Waals surface area contributed by atoms with Crippen molar-refractivity contribution in [2.45, 2.75) is 45.4 Å². The maximum atomic E-state index is 5.93. The van der Waals surface area contributed by atoms with Crippen molar-refractivity contribution in [3.8, 4) is 5.75 Å². The molecule has 0 saturated heterocycles. The number of nitrogens with zero attached hydrogens (tertiary/aromatic N) is 1. The van der Waals surface area contributed by atoms with E-state index in [0.29, 0.717) is 12.0 Å². The fraction of sp³-hybridized carbons (Fsp3) is 0.500. The molecule has 0 aromatic heterocycles. The molecule has 0 amide bonds. The molecule has 3 atom stereocenters. The molecule has 3 N–H and O–H groups in total. The number of benzene rings is 1. The van der Waals surface area contributed by atoms with Gasteiger partial charge in [-0.15, -0.1) is 0 Å². The van der Waals surface area contributed by atoms with Crippen molar-refractivity contribution in [3.63, 3.8) is 0 Å². The van der Waals surface area contributed by atoms with Crippen LogP contribution in [0.1, 0.15) is 38.8 Å². The minimum atomic E-state index is -0.0160. The van der Waals surface area contributed by atoms with Gasteiger partial charge in [0.25, 0.3) is 0 Å². The molecule has 18 heavy (non-hydrogen) atoms. The van der Waals surface area contributed by atoms with Gasteiger partial charge in [0.2, 0.25) is 0 Å². The number of nitrogens with one attached hydrogen (secondary N) is 1. The highest BCUT2D eigenvalue weighted by atomic mass is 16.5. The zero-order chi connectivity index (χ0) is 13.1. The molecule has 0 aliphatic carbocycles. The number of guanidine groups is 1. The van der Waals surface area contributed by atoms with Gasteiger partial charge in [0.15, 0.2) is 5.96 Å². The van der Waals surface area contributed by atoms with Crippen LogP contribution >= 0.6 is 0 Å². The van der Waals surface area contributed by atoms with Crippen molar-refractivity contribution in [2.24, 2.45) is 10.7 Å². The molecule has 1 aliphatic rings. The van der Waals surface area contributed by atoms with Gasteiger partial charge in [0, 0.05) is 11.6 Å². The molecule has 0 radical (unpaired) electrons. The highest BCUT2D eigenvalue weighted by Gasteiger charge is 2.30. The maximum absolute atomic E-state index is 5.93. The summed E-state index contributed by atoms with van der Waals surface area (Å²) in [7, 11) is 0. The van der Waals surface area contributed by atoms with Gasteiger partial charge in [-0.2, -0.15) is 0 Å². The second kappa shape index (κ2) is 5.29. The van der Waals surface area contributed by atoms with E-state index in [1.165, 1.54) is 0 Å². The Labute approximate surface area is 108 Å². The van der Waals surface area contributed by atoms with E-state index in [4.69, 9.17) is 10.5 Å². The lowest BCUT2D eigenvalue weighted by molar-refractivity contribution is 0.229. The molecule has 3 unspecified atom stereocenters. The first-order chi connectivity index (χ1) is 8.61. The summed E-state index contributed by atoms with van der Waals surface area (Å²) in [5, 5.41) is 3.18. The summed E-state index contributed by atoms with van der Waals surface area (Å²) in [6.45, 7) is 6.22. The minimum Gasteiger partial charge on any atom is -0.488 e. The second-order valence-corrected chi connectivity index (χ2v) is 4.77. The Kier molecular flexibility index (Phi) is 3.75. The number of rotatable bonds is 3. The molecule has 98 valence electrons. The van der Waals surface area contributed by atoms with Crippen molar-refractivity contribution in [1.82, 2.24) is 5.32 Å². The summed E-state index contributed by atoms with van der Waals surface area (Å²) < 4.78 is 5.76. The first kappa shape index (κ1) is 12.7. The first-order valence-electron chi connectivity index (χ1n) is 6.47. The summed E-state index contributed by atoms with van der Waals surface area (Å²) in [6, 6.07) is 8.31. The van der Waals surface area contributed by atoms with E-state index in [2.05, 4.69) is 24.2 Å². The topological polar surface area (TPSA) is 59.6 Å². The van der Waals surface area contributed by atoms with Gasteiger partial charge in [-0.05, 0) is 26.3 Å². The number of ether oxygens (including phenoxy) is 1. The summed E-state index contributed by atoms with van der Waals surface area (Å²) in [5.74, 6) is 1.40. The fourth-order valence-corrected chi connectivity index (χ4v) is 2.07. The van der Waals surface area contributed by atoms with E-state index in [0.717, 1.165) is 17.7 Å². The van der Waals surface area contributed by atoms with Crippen LogP contribution in [0, 0.1) is 0 Å². The Balaban J connectivity index is 2.16. The Morgan fingerprint density at radius 1 is 1.50 bits per heavy atom. The van der Waals surface area contributed by atoms with Crippen LogP contribution in [0.4, 0.5) is 0 Å². The van der Waals surface area contributed by atoms with Crippen LogP contribution in [0.2, 0.25) is 0 Å². The van der Waals surface area contributed by atoms with Crippen LogP contribution in [0.15, 0.2) is 29.3 Å². The standard InChI is InChI=1S/C14H21N3O/c1-4-9(2)16-14(15)17-13-10(3)18-12-8-6-5-7-11(12)13/h5-10,13H,4H2,1-3H3,(H3,15,16,17). The monoisotopic (exact) mass is 247 g/mol. The number of hydrogen-bond donors (Lipinski definition) is 2. The molecule has 1 heterocycles. The highest BCUT2D eigenvalue weighted by Crippen LogP contribution is 2.38. The van der Waals surface area contributed by atoms with Gasteiger partial charge >= 0.3 is 0 Å². The van der Waals surface area contributed by atoms with Crippen molar-refractivity contribution in [1.29, 1.82) is 0 Å². The number of aliphatic imine (C=N–C) groups is 1. The van der Waals surface area contributed by atoms with Crippen LogP contribution in [-0.4, -0.2) is 18.1 Å². The molecule has 0 spiro atoms. The van der Waals surface area contributed by atoms with E-state index in [-0.39, 0.29) is 12.1 Å². The lowest BCUT2D eigenvalue weighted by Crippen LogP contribution is -2.38. The Morgan fingerprint density at radius 3 is 2.94 bits per heavy atom. The number of nitrogens with two attached hydrogens (primary N) is 1. The van der Waals surface area contributed by atoms with Crippen LogP contribution in [0.5, 0.6) is 5.75 Å². The van der Waals surface area contributed by atoms with Crippen molar-refractivity contribution < 1.29 is 4.74 Å². The number of hydrogen-bond acceptors (Lipinski definition) is 2. The van der Waals surface area contributed by atoms with Gasteiger partial charge in [0.05, 0.1) is 0 Å². The average Bonchev–Trinajstić information content (AvgIpc) is 2.66. The Hall–Kier alpha value is -1.71. The Morgan fingerprint density at radius 2 is 2.22 bits per heavy atom. The van der Waals surface area contributed by atoms with Crippen LogP contribution in [0.3, 0.4) is 0 Å². The van der Waals surface area contributed by atoms with Gasteiger partial charge in [-0.3, -0.25) is 0 Å². The van der Waals surface area contributed by atoms with Gasteiger partial charge in [0.1, 0.15) is 17.9 Å². The van der Waals surface area contributed by atoms with Crippen molar-refractivity contribution in [3.05, 3.63) is 29.8 Å². The molecule has 0 bridgehead atoms. The predicted octanol–water partition coefficient (Wildman–Crippen LogP) is 2.21. The number of para-hydroxylation sites is 1. The number of fused-ring (bicyclic) bond motifs is 1. The normalized spacial score (nSPS) is 24.3. The summed E-state index contributed by atoms with van der Waals surface area (Å²) >= 11 is 0. The molecule has 0 saturated carbocycles. The van der Waals surface area contributed by atoms with Crippen LogP contribution < -0.4 is 15.8 Å². The third-order valence-electron chi connectivity index (χ3n) is 3.28. The maximum Gasteiger partial charge on any atom is 0.189 e. The lowest BCUT2D eigenvalue weighted by Gasteiger charge is -2.15. The fourth-order valence-electron chi connectivity index (χ4n) is 2.07. The third kappa shape index (κ3) is 2.58. The first-order valence-corrected chi connectivity index (χ1v) is 6.47. The average molecular weight is 247 g/mol. The summed E-state index contributed by atoms with van der Waals surface area (Å²) in [4.78, 5) is 4.54. The summed E-state index contributed by atoms with van der Waals surface area (Å²) in [6.07, 6.45) is 1.04. The van der Waals surface area contributed by atoms with E-state index < -0.39 is 0 Å². The zero-order valence-corrected chi connectivity index (χ0v) is 11.2. The van der Waals surface area contributed by atoms with Gasteiger partial charge in [-0.1, -0.05) is 25.1 Å². The predicted molar refractivity (Wildman–Crippen MR) is 73.8 cm³/mol. The molecule has 4 nitrogen and oxygen atoms in total. The van der Waals surface area contributed by atoms with E-state index >= 15 is 0 Å². The third-order valence-corrected chi connectivity index (χ3v) is 3.28. The van der Waals surface area contributed by atoms with Gasteiger partial charge in [-0.25, -0.2) is 4.99 Å². The van der Waals surface area contributed by atoms with Crippen molar-refractivity contribution >= 4 is 5.96 Å². The van der Waals surface area contributed by atoms with E-state index in [1.54, 1.807) is 0 Å². The molecule has 1 aromatic rings. The molecular formula is C14H21N3O. The molecular weight excluding hydrogens is 226 g/mol. The minimum absolute atomic E-state index is 0.0160. The van der Waals surface area contributed by atoms with Gasteiger partial charge < -0.3 is 15.8 Å². The SMILES string of the molecule is CCC(C)NC(N)=NC1c2ccccc2OC1C. The molecule has 2 rings (SSSR count). The molecule has 1 aliphatic heterocycles.